The largest absolute Gasteiger partial charge is 0.0873 e. The van der Waals surface area contributed by atoms with Gasteiger partial charge in [-0.1, -0.05) is 66.8 Å². The van der Waals surface area contributed by atoms with Crippen molar-refractivity contribution < 1.29 is 0 Å². The molecule has 92 valence electrons. The molecule has 0 N–H and O–H groups in total. The van der Waals surface area contributed by atoms with Gasteiger partial charge in [-0.15, -0.1) is 0 Å². The summed E-state index contributed by atoms with van der Waals surface area (Å²) >= 11 is 0. The normalized spacial score (nSPS) is 27.8. The average molecular weight is 244 g/mol. The molecule has 1 atom stereocenters. The minimum absolute atomic E-state index is 0.548. The van der Waals surface area contributed by atoms with Gasteiger partial charge in [-0.05, 0) is 40.7 Å². The number of benzene rings is 1. The van der Waals surface area contributed by atoms with Crippen molar-refractivity contribution in [3.05, 3.63) is 89.1 Å². The lowest BCUT2D eigenvalue weighted by molar-refractivity contribution is 0.842. The molecule has 0 heteroatoms. The first-order valence-corrected chi connectivity index (χ1v) is 6.98. The van der Waals surface area contributed by atoms with Crippen LogP contribution in [0.3, 0.4) is 0 Å². The first kappa shape index (κ1) is 10.8. The van der Waals surface area contributed by atoms with E-state index in [9.17, 15) is 0 Å². The van der Waals surface area contributed by atoms with Gasteiger partial charge in [0.1, 0.15) is 0 Å². The van der Waals surface area contributed by atoms with E-state index in [1.165, 1.54) is 22.3 Å². The monoisotopic (exact) mass is 244 g/mol. The molecule has 0 aliphatic heterocycles. The first-order chi connectivity index (χ1) is 9.45. The van der Waals surface area contributed by atoms with E-state index in [0.29, 0.717) is 5.92 Å². The molecule has 0 saturated heterocycles. The second-order valence-corrected chi connectivity index (χ2v) is 5.31. The predicted molar refractivity (Wildman–Crippen MR) is 80.8 cm³/mol. The molecule has 3 aliphatic carbocycles. The molecule has 0 fully saturated rings. The van der Waals surface area contributed by atoms with E-state index in [2.05, 4.69) is 66.8 Å². The molecule has 0 radical (unpaired) electrons. The maximum absolute atomic E-state index is 2.34. The van der Waals surface area contributed by atoms with Crippen LogP contribution in [0.15, 0.2) is 77.9 Å². The third kappa shape index (κ3) is 1.60. The minimum atomic E-state index is 0.548. The second kappa shape index (κ2) is 4.24. The van der Waals surface area contributed by atoms with E-state index in [-0.39, 0.29) is 0 Å². The summed E-state index contributed by atoms with van der Waals surface area (Å²) in [7, 11) is 0. The zero-order valence-corrected chi connectivity index (χ0v) is 10.8. The van der Waals surface area contributed by atoms with Crippen molar-refractivity contribution in [3.63, 3.8) is 0 Å². The standard InChI is InChI=1S/C19H16/c1-2-8-14-9-4-5-13-18-16-11-7-6-10-15(16)17(12-3-1)19(14)18/h1-8,10-12,18H,9,13H2/b2-1-,3-1?,8-2?,12-3?,14-8-,17-12?. The van der Waals surface area contributed by atoms with Crippen molar-refractivity contribution in [1.82, 2.24) is 0 Å². The van der Waals surface area contributed by atoms with E-state index in [1.807, 2.05) is 0 Å². The molecule has 1 unspecified atom stereocenters. The van der Waals surface area contributed by atoms with Crippen LogP contribution in [0.1, 0.15) is 29.9 Å². The van der Waals surface area contributed by atoms with Crippen LogP contribution < -0.4 is 0 Å². The Morgan fingerprint density at radius 2 is 1.89 bits per heavy atom. The summed E-state index contributed by atoms with van der Waals surface area (Å²) in [5.74, 6) is 0.548. The van der Waals surface area contributed by atoms with Crippen molar-refractivity contribution >= 4 is 5.57 Å². The van der Waals surface area contributed by atoms with E-state index in [4.69, 9.17) is 0 Å². The molecule has 0 aromatic heterocycles. The van der Waals surface area contributed by atoms with Crippen LogP contribution in [0, 0.1) is 0 Å². The third-order valence-corrected chi connectivity index (χ3v) is 4.27. The minimum Gasteiger partial charge on any atom is -0.0873 e. The molecule has 0 nitrogen and oxygen atoms in total. The highest BCUT2D eigenvalue weighted by molar-refractivity contribution is 5.88. The fraction of sp³-hybridized carbons (Fsp3) is 0.158. The highest BCUT2D eigenvalue weighted by Gasteiger charge is 2.31. The van der Waals surface area contributed by atoms with Gasteiger partial charge in [-0.25, -0.2) is 0 Å². The molecule has 0 spiro atoms. The Bertz CT molecular complexity index is 678. The van der Waals surface area contributed by atoms with Crippen molar-refractivity contribution in [3.8, 4) is 0 Å². The molecule has 4 rings (SSSR count). The lowest BCUT2D eigenvalue weighted by atomic mass is 9.88. The molecule has 3 aliphatic rings. The van der Waals surface area contributed by atoms with Gasteiger partial charge in [0.05, 0.1) is 0 Å². The molecule has 1 aromatic carbocycles. The van der Waals surface area contributed by atoms with Crippen LogP contribution in [0.5, 0.6) is 0 Å². The number of fused-ring (bicyclic) bond motifs is 3. The SMILES string of the molecule is C1=CC2=C3/C(=C\C=C/1)CC=CCC3c1ccccc12. The number of rotatable bonds is 0. The summed E-state index contributed by atoms with van der Waals surface area (Å²) in [4.78, 5) is 0. The molecule has 0 saturated carbocycles. The van der Waals surface area contributed by atoms with Crippen LogP contribution in [-0.2, 0) is 0 Å². The number of hydrogen-bond acceptors (Lipinski definition) is 0. The molecular weight excluding hydrogens is 228 g/mol. The summed E-state index contributed by atoms with van der Waals surface area (Å²) in [6.07, 6.45) is 17.9. The van der Waals surface area contributed by atoms with Gasteiger partial charge in [0, 0.05) is 5.92 Å². The topological polar surface area (TPSA) is 0 Å². The number of hydrogen-bond donors (Lipinski definition) is 0. The first-order valence-electron chi connectivity index (χ1n) is 6.98. The van der Waals surface area contributed by atoms with Crippen LogP contribution in [0.25, 0.3) is 5.57 Å². The third-order valence-electron chi connectivity index (χ3n) is 4.27. The summed E-state index contributed by atoms with van der Waals surface area (Å²) in [6, 6.07) is 8.88. The summed E-state index contributed by atoms with van der Waals surface area (Å²) in [5.41, 5.74) is 7.38. The van der Waals surface area contributed by atoms with Crippen molar-refractivity contribution in [2.45, 2.75) is 18.8 Å². The maximum atomic E-state index is 2.34. The summed E-state index contributed by atoms with van der Waals surface area (Å²) in [5, 5.41) is 0. The van der Waals surface area contributed by atoms with Crippen molar-refractivity contribution in [2.24, 2.45) is 0 Å². The Kier molecular flexibility index (Phi) is 2.41. The van der Waals surface area contributed by atoms with Gasteiger partial charge in [0.15, 0.2) is 0 Å². The average Bonchev–Trinajstić information content (AvgIpc) is 2.58. The van der Waals surface area contributed by atoms with Crippen LogP contribution >= 0.6 is 0 Å². The lowest BCUT2D eigenvalue weighted by Crippen LogP contribution is -1.99. The van der Waals surface area contributed by atoms with Gasteiger partial charge >= 0.3 is 0 Å². The molecule has 0 bridgehead atoms. The fourth-order valence-corrected chi connectivity index (χ4v) is 3.45. The van der Waals surface area contributed by atoms with E-state index >= 15 is 0 Å². The molecule has 0 amide bonds. The summed E-state index contributed by atoms with van der Waals surface area (Å²) < 4.78 is 0. The number of allylic oxidation sites excluding steroid dienone is 10. The Morgan fingerprint density at radius 1 is 0.947 bits per heavy atom. The Balaban J connectivity index is 2.01. The highest BCUT2D eigenvalue weighted by atomic mass is 14.3. The zero-order valence-electron chi connectivity index (χ0n) is 10.8. The van der Waals surface area contributed by atoms with Gasteiger partial charge in [0.25, 0.3) is 0 Å². The van der Waals surface area contributed by atoms with Crippen LogP contribution in [0.4, 0.5) is 0 Å². The van der Waals surface area contributed by atoms with Crippen LogP contribution in [-0.4, -0.2) is 0 Å². The van der Waals surface area contributed by atoms with E-state index in [1.54, 1.807) is 5.57 Å². The van der Waals surface area contributed by atoms with Crippen LogP contribution in [0.2, 0.25) is 0 Å². The maximum Gasteiger partial charge on any atom is 0.0139 e. The van der Waals surface area contributed by atoms with Gasteiger partial charge < -0.3 is 0 Å². The Hall–Kier alpha value is -2.08. The molecule has 1 aromatic rings. The van der Waals surface area contributed by atoms with Gasteiger partial charge in [0.2, 0.25) is 0 Å². The van der Waals surface area contributed by atoms with Gasteiger partial charge in [-0.3, -0.25) is 0 Å². The fourth-order valence-electron chi connectivity index (χ4n) is 3.45. The molecular formula is C19H16. The van der Waals surface area contributed by atoms with Crippen molar-refractivity contribution in [1.29, 1.82) is 0 Å². The molecule has 19 heavy (non-hydrogen) atoms. The highest BCUT2D eigenvalue weighted by Crippen LogP contribution is 2.49. The smallest absolute Gasteiger partial charge is 0.0139 e. The van der Waals surface area contributed by atoms with E-state index in [0.717, 1.165) is 12.8 Å². The lowest BCUT2D eigenvalue weighted by Gasteiger charge is -2.15. The zero-order chi connectivity index (χ0) is 12.7. The second-order valence-electron chi connectivity index (χ2n) is 5.31. The molecule has 0 heterocycles. The Morgan fingerprint density at radius 3 is 2.89 bits per heavy atom. The summed E-state index contributed by atoms with van der Waals surface area (Å²) in [6.45, 7) is 0. The predicted octanol–water partition coefficient (Wildman–Crippen LogP) is 4.94. The van der Waals surface area contributed by atoms with Crippen molar-refractivity contribution in [2.75, 3.05) is 0 Å². The van der Waals surface area contributed by atoms with Gasteiger partial charge in [-0.2, -0.15) is 0 Å². The van der Waals surface area contributed by atoms with E-state index < -0.39 is 0 Å². The Labute approximate surface area is 114 Å². The quantitative estimate of drug-likeness (QED) is 0.567.